The SMILES string of the molecule is CC(C)OC(=O)OCOP(=O)(O)C(C(=O)NC=Cc1ccccc1Br)c1csc2ccc(Cl)cc12. The Morgan fingerprint density at radius 3 is 2.71 bits per heavy atom. The van der Waals surface area contributed by atoms with Gasteiger partial charge >= 0.3 is 13.8 Å². The van der Waals surface area contributed by atoms with E-state index in [1.165, 1.54) is 17.5 Å². The van der Waals surface area contributed by atoms with Crippen LogP contribution in [0.25, 0.3) is 16.2 Å². The molecule has 2 unspecified atom stereocenters. The van der Waals surface area contributed by atoms with Crippen LogP contribution in [0.4, 0.5) is 4.79 Å². The quantitative estimate of drug-likeness (QED) is 0.156. The van der Waals surface area contributed by atoms with Gasteiger partial charge in [0.25, 0.3) is 0 Å². The highest BCUT2D eigenvalue weighted by Crippen LogP contribution is 2.58. The first-order chi connectivity index (χ1) is 16.6. The van der Waals surface area contributed by atoms with Gasteiger partial charge in [-0.05, 0) is 66.1 Å². The van der Waals surface area contributed by atoms with E-state index in [4.69, 9.17) is 25.6 Å². The number of benzene rings is 2. The number of ether oxygens (including phenoxy) is 2. The monoisotopic (exact) mass is 601 g/mol. The average Bonchev–Trinajstić information content (AvgIpc) is 3.17. The Kier molecular flexibility index (Phi) is 9.52. The average molecular weight is 603 g/mol. The molecule has 0 aliphatic rings. The van der Waals surface area contributed by atoms with Crippen LogP contribution in [0.3, 0.4) is 0 Å². The number of halogens is 2. The summed E-state index contributed by atoms with van der Waals surface area (Å²) in [6.45, 7) is 2.36. The van der Waals surface area contributed by atoms with Gasteiger partial charge in [-0.25, -0.2) is 4.79 Å². The summed E-state index contributed by atoms with van der Waals surface area (Å²) in [6, 6.07) is 12.4. The number of rotatable bonds is 9. The third-order valence-corrected chi connectivity index (χ3v) is 8.15. The molecule has 2 atom stereocenters. The second-order valence-electron chi connectivity index (χ2n) is 7.47. The molecule has 1 amide bonds. The van der Waals surface area contributed by atoms with Crippen molar-refractivity contribution in [2.45, 2.75) is 25.6 Å². The maximum Gasteiger partial charge on any atom is 0.510 e. The Labute approximate surface area is 219 Å². The molecule has 2 N–H and O–H groups in total. The zero-order chi connectivity index (χ0) is 25.6. The number of amides is 1. The number of hydrogen-bond acceptors (Lipinski definition) is 7. The van der Waals surface area contributed by atoms with Gasteiger partial charge in [-0.1, -0.05) is 45.7 Å². The highest BCUT2D eigenvalue weighted by molar-refractivity contribution is 9.10. The molecule has 3 rings (SSSR count). The predicted molar refractivity (Wildman–Crippen MR) is 139 cm³/mol. The minimum absolute atomic E-state index is 0.259. The molecule has 0 spiro atoms. The predicted octanol–water partition coefficient (Wildman–Crippen LogP) is 6.87. The summed E-state index contributed by atoms with van der Waals surface area (Å²) in [5, 5.41) is 5.08. The fraction of sp³-hybridized carbons (Fsp3) is 0.217. The number of carbonyl (C=O) groups is 2. The summed E-state index contributed by atoms with van der Waals surface area (Å²) >= 11 is 10.8. The Bertz CT molecular complexity index is 1300. The van der Waals surface area contributed by atoms with E-state index in [1.54, 1.807) is 43.5 Å². The second-order valence-corrected chi connectivity index (χ2v) is 11.6. The minimum atomic E-state index is -4.70. The van der Waals surface area contributed by atoms with Crippen molar-refractivity contribution in [1.82, 2.24) is 5.32 Å². The van der Waals surface area contributed by atoms with Gasteiger partial charge in [0.2, 0.25) is 12.7 Å². The van der Waals surface area contributed by atoms with Gasteiger partial charge < -0.3 is 19.7 Å². The van der Waals surface area contributed by atoms with E-state index < -0.39 is 38.2 Å². The minimum Gasteiger partial charge on any atom is -0.432 e. The van der Waals surface area contributed by atoms with Gasteiger partial charge in [-0.3, -0.25) is 13.9 Å². The largest absolute Gasteiger partial charge is 0.510 e. The molecule has 186 valence electrons. The molecule has 0 saturated carbocycles. The van der Waals surface area contributed by atoms with E-state index in [-0.39, 0.29) is 5.56 Å². The number of carbonyl (C=O) groups excluding carboxylic acids is 2. The number of hydrogen-bond donors (Lipinski definition) is 2. The van der Waals surface area contributed by atoms with Gasteiger partial charge in [-0.15, -0.1) is 11.3 Å². The van der Waals surface area contributed by atoms with Gasteiger partial charge in [0.05, 0.1) is 6.10 Å². The van der Waals surface area contributed by atoms with Crippen LogP contribution >= 0.6 is 46.5 Å². The Morgan fingerprint density at radius 1 is 1.26 bits per heavy atom. The summed E-state index contributed by atoms with van der Waals surface area (Å²) in [5.74, 6) is -0.788. The lowest BCUT2D eigenvalue weighted by atomic mass is 10.1. The molecule has 35 heavy (non-hydrogen) atoms. The molecule has 0 saturated heterocycles. The van der Waals surface area contributed by atoms with Crippen LogP contribution in [0.2, 0.25) is 5.02 Å². The Morgan fingerprint density at radius 2 is 2.00 bits per heavy atom. The zero-order valence-corrected chi connectivity index (χ0v) is 22.7. The van der Waals surface area contributed by atoms with Gasteiger partial charge in [0.1, 0.15) is 0 Å². The topological polar surface area (TPSA) is 111 Å². The fourth-order valence-corrected chi connectivity index (χ4v) is 6.00. The van der Waals surface area contributed by atoms with Crippen LogP contribution in [-0.2, 0) is 23.4 Å². The van der Waals surface area contributed by atoms with Crippen LogP contribution in [0.1, 0.15) is 30.6 Å². The fourth-order valence-electron chi connectivity index (χ4n) is 3.05. The number of nitrogens with one attached hydrogen (secondary N) is 1. The zero-order valence-electron chi connectivity index (χ0n) is 18.6. The number of fused-ring (bicyclic) bond motifs is 1. The summed E-state index contributed by atoms with van der Waals surface area (Å²) in [6.07, 6.45) is 1.49. The highest BCUT2D eigenvalue weighted by atomic mass is 79.9. The van der Waals surface area contributed by atoms with Crippen LogP contribution in [0.5, 0.6) is 0 Å². The molecule has 3 aromatic rings. The van der Waals surface area contributed by atoms with Crippen molar-refractivity contribution in [3.05, 3.63) is 74.7 Å². The molecular formula is C23H22BrClNO7PS. The van der Waals surface area contributed by atoms with Crippen molar-refractivity contribution in [3.63, 3.8) is 0 Å². The first-order valence-corrected chi connectivity index (χ1v) is 14.0. The summed E-state index contributed by atoms with van der Waals surface area (Å²) < 4.78 is 29.4. The molecule has 0 aliphatic carbocycles. The maximum absolute atomic E-state index is 13.3. The molecule has 0 radical (unpaired) electrons. The molecule has 1 heterocycles. The van der Waals surface area contributed by atoms with Crippen LogP contribution in [0, 0.1) is 0 Å². The first-order valence-electron chi connectivity index (χ1n) is 10.3. The summed E-state index contributed by atoms with van der Waals surface area (Å²) in [7, 11) is -4.70. The molecule has 0 aliphatic heterocycles. The maximum atomic E-state index is 13.3. The first kappa shape index (κ1) is 27.4. The number of thiophene rings is 1. The third kappa shape index (κ3) is 7.39. The lowest BCUT2D eigenvalue weighted by Crippen LogP contribution is -2.26. The van der Waals surface area contributed by atoms with Crippen molar-refractivity contribution in [1.29, 1.82) is 0 Å². The van der Waals surface area contributed by atoms with Crippen molar-refractivity contribution < 1.29 is 33.0 Å². The van der Waals surface area contributed by atoms with Crippen molar-refractivity contribution in [2.75, 3.05) is 6.79 Å². The van der Waals surface area contributed by atoms with Crippen LogP contribution in [-0.4, -0.2) is 29.9 Å². The van der Waals surface area contributed by atoms with E-state index in [1.807, 2.05) is 24.3 Å². The van der Waals surface area contributed by atoms with Gasteiger partial charge in [0, 0.05) is 20.4 Å². The highest BCUT2D eigenvalue weighted by Gasteiger charge is 2.41. The Hall–Kier alpha value is -2.20. The Balaban J connectivity index is 1.87. The van der Waals surface area contributed by atoms with Crippen molar-refractivity contribution in [2.24, 2.45) is 0 Å². The lowest BCUT2D eigenvalue weighted by Gasteiger charge is -2.21. The van der Waals surface area contributed by atoms with E-state index >= 15 is 0 Å². The van der Waals surface area contributed by atoms with Gasteiger partial charge in [-0.2, -0.15) is 0 Å². The van der Waals surface area contributed by atoms with E-state index in [0.717, 1.165) is 14.7 Å². The molecule has 0 fully saturated rings. The normalized spacial score (nSPS) is 14.1. The van der Waals surface area contributed by atoms with E-state index in [0.29, 0.717) is 10.4 Å². The van der Waals surface area contributed by atoms with Gasteiger partial charge in [0.15, 0.2) is 5.66 Å². The van der Waals surface area contributed by atoms with E-state index in [9.17, 15) is 19.0 Å². The van der Waals surface area contributed by atoms with Crippen molar-refractivity contribution in [3.8, 4) is 0 Å². The van der Waals surface area contributed by atoms with Crippen molar-refractivity contribution >= 4 is 74.7 Å². The standard InChI is InChI=1S/C23H22BrClNO7PS/c1-14(2)33-23(28)31-13-32-34(29,30)21(18-12-35-20-8-7-16(25)11-17(18)20)22(27)26-10-9-15-5-3-4-6-19(15)24/h3-12,14,21H,13H2,1-2H3,(H,26,27)(H,29,30). The van der Waals surface area contributed by atoms with E-state index in [2.05, 4.69) is 21.2 Å². The lowest BCUT2D eigenvalue weighted by molar-refractivity contribution is -0.120. The molecular weight excluding hydrogens is 581 g/mol. The third-order valence-electron chi connectivity index (χ3n) is 4.57. The summed E-state index contributed by atoms with van der Waals surface area (Å²) in [4.78, 5) is 35.6. The van der Waals surface area contributed by atoms with Crippen LogP contribution in [0.15, 0.2) is 58.5 Å². The molecule has 8 nitrogen and oxygen atoms in total. The smallest absolute Gasteiger partial charge is 0.432 e. The molecule has 0 bridgehead atoms. The molecule has 12 heteroatoms. The molecule has 2 aromatic carbocycles. The second kappa shape index (κ2) is 12.2. The summed E-state index contributed by atoms with van der Waals surface area (Å²) in [5.41, 5.74) is -0.573. The molecule has 1 aromatic heterocycles. The van der Waals surface area contributed by atoms with Crippen LogP contribution < -0.4 is 5.32 Å².